The zero-order valence-corrected chi connectivity index (χ0v) is 23.1. The van der Waals surface area contributed by atoms with Crippen molar-refractivity contribution in [2.24, 2.45) is 10.1 Å². The lowest BCUT2D eigenvalue weighted by atomic mass is 10.1. The van der Waals surface area contributed by atoms with Gasteiger partial charge in [-0.25, -0.2) is 0 Å². The Morgan fingerprint density at radius 3 is 2.63 bits per heavy atom. The van der Waals surface area contributed by atoms with E-state index in [0.717, 1.165) is 10.6 Å². The monoisotopic (exact) mass is 582 g/mol. The summed E-state index contributed by atoms with van der Waals surface area (Å²) in [4.78, 5) is 18.1. The molecule has 2 heterocycles. The summed E-state index contributed by atoms with van der Waals surface area (Å²) in [5.41, 5.74) is 1.50. The molecular formula is C27H20Cl2N4O3S2. The van der Waals surface area contributed by atoms with E-state index >= 15 is 0 Å². The van der Waals surface area contributed by atoms with E-state index < -0.39 is 5.91 Å². The van der Waals surface area contributed by atoms with Crippen LogP contribution in [0, 0.1) is 5.41 Å². The highest BCUT2D eigenvalue weighted by Crippen LogP contribution is 2.34. The summed E-state index contributed by atoms with van der Waals surface area (Å²) in [7, 11) is 1.55. The Morgan fingerprint density at radius 1 is 1.08 bits per heavy atom. The molecule has 3 aromatic carbocycles. The normalized spacial score (nSPS) is 15.9. The van der Waals surface area contributed by atoms with Crippen LogP contribution in [0.5, 0.6) is 11.5 Å². The lowest BCUT2D eigenvalue weighted by Gasteiger charge is -2.20. The number of benzene rings is 3. The third-order valence-electron chi connectivity index (χ3n) is 5.48. The number of ether oxygens (including phenoxy) is 2. The quantitative estimate of drug-likeness (QED) is 0.178. The van der Waals surface area contributed by atoms with Crippen LogP contribution in [0.15, 0.2) is 87.3 Å². The second kappa shape index (κ2) is 11.7. The van der Waals surface area contributed by atoms with Gasteiger partial charge in [0, 0.05) is 21.2 Å². The summed E-state index contributed by atoms with van der Waals surface area (Å²) in [5, 5.41) is 16.6. The molecule has 0 aliphatic carbocycles. The predicted molar refractivity (Wildman–Crippen MR) is 156 cm³/mol. The minimum Gasteiger partial charge on any atom is -0.493 e. The second-order valence-corrected chi connectivity index (χ2v) is 10.9. The number of methoxy groups -OCH3 is 1. The Balaban J connectivity index is 1.29. The first kappa shape index (κ1) is 26.4. The molecule has 0 aromatic heterocycles. The van der Waals surface area contributed by atoms with Gasteiger partial charge in [-0.3, -0.25) is 10.2 Å². The van der Waals surface area contributed by atoms with Gasteiger partial charge in [0.1, 0.15) is 5.04 Å². The summed E-state index contributed by atoms with van der Waals surface area (Å²) >= 11 is 15.1. The molecule has 0 unspecified atom stereocenters. The molecule has 0 atom stereocenters. The van der Waals surface area contributed by atoms with E-state index in [1.807, 2.05) is 42.5 Å². The van der Waals surface area contributed by atoms with E-state index in [2.05, 4.69) is 10.1 Å². The molecule has 0 saturated carbocycles. The number of hydrazone groups is 1. The number of hydrogen-bond donors (Lipinski definition) is 1. The molecule has 192 valence electrons. The average Bonchev–Trinajstić information content (AvgIpc) is 3.34. The number of amidine groups is 2. The van der Waals surface area contributed by atoms with Crippen molar-refractivity contribution in [2.75, 3.05) is 19.5 Å². The molecule has 2 aliphatic heterocycles. The lowest BCUT2D eigenvalue weighted by molar-refractivity contribution is -0.114. The first-order valence-electron chi connectivity index (χ1n) is 11.4. The van der Waals surface area contributed by atoms with E-state index in [0.29, 0.717) is 49.5 Å². The summed E-state index contributed by atoms with van der Waals surface area (Å²) in [5.74, 6) is 1.27. The summed E-state index contributed by atoms with van der Waals surface area (Å²) in [6.07, 6.45) is 1.60. The number of nitrogens with one attached hydrogen (secondary N) is 1. The Morgan fingerprint density at radius 2 is 1.87 bits per heavy atom. The van der Waals surface area contributed by atoms with E-state index in [1.54, 1.807) is 49.2 Å². The standard InChI is InChI=1S/C27H20Cl2N4O3S2/c1-35-23-15-16(6-11-22(23)36-12-13-37-18-9-7-17(28)8-10-18)14-20-24(30)33-27(31-25(20)34)38-26(32-33)19-4-2-3-5-21(19)29/h2-11,14-15,30H,12-13H2,1H3/b20-14-,30-24?. The van der Waals surface area contributed by atoms with Crippen LogP contribution in [0.25, 0.3) is 6.08 Å². The number of fused-ring (bicyclic) bond motifs is 1. The molecular weight excluding hydrogens is 563 g/mol. The van der Waals surface area contributed by atoms with Gasteiger partial charge >= 0.3 is 0 Å². The van der Waals surface area contributed by atoms with E-state index in [-0.39, 0.29) is 11.4 Å². The van der Waals surface area contributed by atoms with Gasteiger partial charge in [0.25, 0.3) is 5.91 Å². The molecule has 5 rings (SSSR count). The molecule has 38 heavy (non-hydrogen) atoms. The Bertz CT molecular complexity index is 1510. The molecule has 0 bridgehead atoms. The first-order chi connectivity index (χ1) is 18.4. The maximum atomic E-state index is 12.8. The summed E-state index contributed by atoms with van der Waals surface area (Å²) in [6.45, 7) is 0.475. The fourth-order valence-corrected chi connectivity index (χ4v) is 5.71. The van der Waals surface area contributed by atoms with Crippen LogP contribution >= 0.6 is 46.7 Å². The first-order valence-corrected chi connectivity index (χ1v) is 13.9. The number of halogens is 2. The van der Waals surface area contributed by atoms with Gasteiger partial charge in [0.15, 0.2) is 17.3 Å². The number of thioether (sulfide) groups is 2. The van der Waals surface area contributed by atoms with E-state index in [4.69, 9.17) is 38.1 Å². The van der Waals surface area contributed by atoms with Gasteiger partial charge in [-0.1, -0.05) is 47.5 Å². The topological polar surface area (TPSA) is 87.3 Å². The second-order valence-electron chi connectivity index (χ2n) is 7.97. The third-order valence-corrected chi connectivity index (χ3v) is 7.98. The predicted octanol–water partition coefficient (Wildman–Crippen LogP) is 6.84. The van der Waals surface area contributed by atoms with Crippen LogP contribution in [-0.4, -0.2) is 46.4 Å². The van der Waals surface area contributed by atoms with Crippen molar-refractivity contribution in [3.8, 4) is 11.5 Å². The smallest absolute Gasteiger partial charge is 0.283 e. The largest absolute Gasteiger partial charge is 0.493 e. The highest BCUT2D eigenvalue weighted by atomic mass is 35.5. The zero-order chi connectivity index (χ0) is 26.6. The lowest BCUT2D eigenvalue weighted by Crippen LogP contribution is -2.35. The van der Waals surface area contributed by atoms with Crippen molar-refractivity contribution in [2.45, 2.75) is 4.90 Å². The fraction of sp³-hybridized carbons (Fsp3) is 0.111. The third kappa shape index (κ3) is 5.76. The van der Waals surface area contributed by atoms with Crippen LogP contribution in [0.3, 0.4) is 0 Å². The van der Waals surface area contributed by atoms with E-state index in [1.165, 1.54) is 16.8 Å². The molecule has 11 heteroatoms. The van der Waals surface area contributed by atoms with Crippen molar-refractivity contribution >= 4 is 74.8 Å². The molecule has 2 aliphatic rings. The highest BCUT2D eigenvalue weighted by molar-refractivity contribution is 8.27. The molecule has 1 amide bonds. The summed E-state index contributed by atoms with van der Waals surface area (Å²) in [6, 6.07) is 20.3. The van der Waals surface area contributed by atoms with Crippen LogP contribution < -0.4 is 9.47 Å². The van der Waals surface area contributed by atoms with Crippen LogP contribution in [0.1, 0.15) is 11.1 Å². The molecule has 7 nitrogen and oxygen atoms in total. The summed E-state index contributed by atoms with van der Waals surface area (Å²) < 4.78 is 11.4. The molecule has 0 saturated heterocycles. The van der Waals surface area contributed by atoms with E-state index in [9.17, 15) is 4.79 Å². The highest BCUT2D eigenvalue weighted by Gasteiger charge is 2.36. The van der Waals surface area contributed by atoms with Crippen molar-refractivity contribution in [1.82, 2.24) is 5.01 Å². The number of nitrogens with zero attached hydrogens (tertiary/aromatic N) is 3. The minimum absolute atomic E-state index is 0.0620. The number of carbonyl (C=O) groups is 1. The average molecular weight is 584 g/mol. The molecule has 0 fully saturated rings. The van der Waals surface area contributed by atoms with Gasteiger partial charge < -0.3 is 9.47 Å². The molecule has 0 spiro atoms. The Hall–Kier alpha value is -3.24. The van der Waals surface area contributed by atoms with Gasteiger partial charge in [-0.05, 0) is 65.9 Å². The van der Waals surface area contributed by atoms with Crippen molar-refractivity contribution in [3.05, 3.63) is 93.5 Å². The number of hydrogen-bond acceptors (Lipinski definition) is 7. The van der Waals surface area contributed by atoms with Crippen LogP contribution in [0.2, 0.25) is 10.0 Å². The van der Waals surface area contributed by atoms with Gasteiger partial charge in [0.05, 0.1) is 24.3 Å². The maximum absolute atomic E-state index is 12.8. The SMILES string of the molecule is COc1cc(/C=C2/C(=N)N3N=C(c4ccccc4Cl)SC3=NC2=O)ccc1OCCSc1ccc(Cl)cc1. The number of amides is 1. The molecule has 0 radical (unpaired) electrons. The fourth-order valence-electron chi connectivity index (χ4n) is 3.64. The van der Waals surface area contributed by atoms with Crippen molar-refractivity contribution in [1.29, 1.82) is 5.41 Å². The zero-order valence-electron chi connectivity index (χ0n) is 20.0. The minimum atomic E-state index is -0.511. The number of carbonyl (C=O) groups excluding carboxylic acids is 1. The van der Waals surface area contributed by atoms with Crippen LogP contribution in [0.4, 0.5) is 0 Å². The maximum Gasteiger partial charge on any atom is 0.283 e. The number of rotatable bonds is 8. The Labute approximate surface area is 238 Å². The van der Waals surface area contributed by atoms with Gasteiger partial charge in [-0.2, -0.15) is 15.1 Å². The molecule has 3 aromatic rings. The van der Waals surface area contributed by atoms with Crippen LogP contribution in [-0.2, 0) is 4.79 Å². The van der Waals surface area contributed by atoms with Crippen molar-refractivity contribution < 1.29 is 14.3 Å². The molecule has 1 N–H and O–H groups in total. The number of aliphatic imine (C=N–C) groups is 1. The van der Waals surface area contributed by atoms with Crippen molar-refractivity contribution in [3.63, 3.8) is 0 Å². The van der Waals surface area contributed by atoms with Gasteiger partial charge in [0.2, 0.25) is 5.17 Å². The Kier molecular flexibility index (Phi) is 8.09. The van der Waals surface area contributed by atoms with Gasteiger partial charge in [-0.15, -0.1) is 11.8 Å².